The van der Waals surface area contributed by atoms with Crippen LogP contribution in [0.15, 0.2) is 48.5 Å². The van der Waals surface area contributed by atoms with Crippen molar-refractivity contribution in [3.63, 3.8) is 0 Å². The first-order chi connectivity index (χ1) is 10.7. The molecule has 114 valence electrons. The van der Waals surface area contributed by atoms with E-state index in [1.165, 1.54) is 6.07 Å². The summed E-state index contributed by atoms with van der Waals surface area (Å²) in [4.78, 5) is 12.2. The Morgan fingerprint density at radius 2 is 1.91 bits per heavy atom. The second-order valence-corrected chi connectivity index (χ2v) is 5.63. The molecule has 2 aromatic rings. The van der Waals surface area contributed by atoms with Crippen LogP contribution in [-0.2, 0) is 11.2 Å². The summed E-state index contributed by atoms with van der Waals surface area (Å²) in [5.41, 5.74) is 2.38. The molecule has 2 aromatic carbocycles. The van der Waals surface area contributed by atoms with E-state index < -0.39 is 0 Å². The molecule has 1 saturated carbocycles. The predicted octanol–water partition coefficient (Wildman–Crippen LogP) is 3.10. The van der Waals surface area contributed by atoms with E-state index in [2.05, 4.69) is 5.32 Å². The van der Waals surface area contributed by atoms with Gasteiger partial charge >= 0.3 is 0 Å². The summed E-state index contributed by atoms with van der Waals surface area (Å²) < 4.78 is 13.7. The number of hydrogen-bond acceptors (Lipinski definition) is 2. The molecular weight excluding hydrogens is 281 g/mol. The van der Waals surface area contributed by atoms with Gasteiger partial charge in [0, 0.05) is 18.2 Å². The average molecular weight is 299 g/mol. The van der Waals surface area contributed by atoms with E-state index in [9.17, 15) is 9.18 Å². The van der Waals surface area contributed by atoms with Crippen molar-refractivity contribution in [2.75, 3.05) is 11.9 Å². The van der Waals surface area contributed by atoms with Crippen LogP contribution in [-0.4, -0.2) is 17.6 Å². The first-order valence-corrected chi connectivity index (χ1v) is 7.44. The number of nitrogens with one attached hydrogen (secondary N) is 1. The summed E-state index contributed by atoms with van der Waals surface area (Å²) in [6, 6.07) is 14.0. The number of carbonyl (C=O) groups is 1. The van der Waals surface area contributed by atoms with Gasteiger partial charge in [0.1, 0.15) is 5.82 Å². The topological polar surface area (TPSA) is 49.3 Å². The summed E-state index contributed by atoms with van der Waals surface area (Å²) >= 11 is 0. The van der Waals surface area contributed by atoms with Crippen LogP contribution < -0.4 is 5.32 Å². The molecule has 0 aliphatic heterocycles. The molecule has 0 bridgehead atoms. The van der Waals surface area contributed by atoms with Crippen molar-refractivity contribution < 1.29 is 14.3 Å². The number of aliphatic hydroxyl groups excluding tert-OH is 1. The molecule has 1 amide bonds. The Morgan fingerprint density at radius 1 is 1.18 bits per heavy atom. The Balaban J connectivity index is 1.61. The van der Waals surface area contributed by atoms with Crippen LogP contribution >= 0.6 is 0 Å². The van der Waals surface area contributed by atoms with E-state index in [-0.39, 0.29) is 30.2 Å². The zero-order valence-corrected chi connectivity index (χ0v) is 12.1. The highest BCUT2D eigenvalue weighted by atomic mass is 19.1. The number of aliphatic hydroxyl groups is 1. The second-order valence-electron chi connectivity index (χ2n) is 5.63. The SMILES string of the molecule is O=C(Nc1ccc(CCO)cc1)C1CC1c1ccccc1F. The number of hydrogen-bond donors (Lipinski definition) is 2. The maximum absolute atomic E-state index is 13.7. The number of carbonyl (C=O) groups excluding carboxylic acids is 1. The normalized spacial score (nSPS) is 19.7. The quantitative estimate of drug-likeness (QED) is 0.891. The minimum atomic E-state index is -0.240. The van der Waals surface area contributed by atoms with Gasteiger partial charge in [-0.1, -0.05) is 30.3 Å². The standard InChI is InChI=1S/C18H18FNO2/c19-17-4-2-1-3-14(17)15-11-16(15)18(22)20-13-7-5-12(6-8-13)9-10-21/h1-8,15-16,21H,9-11H2,(H,20,22). The van der Waals surface area contributed by atoms with Crippen LogP contribution in [0, 0.1) is 11.7 Å². The molecule has 1 aliphatic carbocycles. The van der Waals surface area contributed by atoms with Gasteiger partial charge < -0.3 is 10.4 Å². The monoisotopic (exact) mass is 299 g/mol. The molecule has 0 spiro atoms. The lowest BCUT2D eigenvalue weighted by Gasteiger charge is -2.06. The molecule has 3 rings (SSSR count). The van der Waals surface area contributed by atoms with Gasteiger partial charge in [-0.15, -0.1) is 0 Å². The molecule has 22 heavy (non-hydrogen) atoms. The van der Waals surface area contributed by atoms with E-state index in [1.807, 2.05) is 24.3 Å². The lowest BCUT2D eigenvalue weighted by Crippen LogP contribution is -2.14. The molecule has 0 saturated heterocycles. The van der Waals surface area contributed by atoms with Crippen LogP contribution in [0.5, 0.6) is 0 Å². The lowest BCUT2D eigenvalue weighted by molar-refractivity contribution is -0.117. The Labute approximate surface area is 128 Å². The van der Waals surface area contributed by atoms with Crippen LogP contribution in [0.25, 0.3) is 0 Å². The Hall–Kier alpha value is -2.20. The maximum atomic E-state index is 13.7. The number of amides is 1. The Morgan fingerprint density at radius 3 is 2.59 bits per heavy atom. The molecule has 3 nitrogen and oxygen atoms in total. The smallest absolute Gasteiger partial charge is 0.228 e. The van der Waals surface area contributed by atoms with Gasteiger partial charge in [0.05, 0.1) is 0 Å². The van der Waals surface area contributed by atoms with Crippen molar-refractivity contribution in [2.45, 2.75) is 18.8 Å². The zero-order valence-electron chi connectivity index (χ0n) is 12.1. The molecule has 2 unspecified atom stereocenters. The summed E-state index contributed by atoms with van der Waals surface area (Å²) in [5, 5.41) is 11.7. The van der Waals surface area contributed by atoms with Gasteiger partial charge in [-0.05, 0) is 48.1 Å². The second kappa shape index (κ2) is 6.28. The number of halogens is 1. The summed E-state index contributed by atoms with van der Waals surface area (Å²) in [5.74, 6) is -0.483. The lowest BCUT2D eigenvalue weighted by atomic mass is 10.1. The third-order valence-corrected chi connectivity index (χ3v) is 4.05. The first-order valence-electron chi connectivity index (χ1n) is 7.44. The fourth-order valence-electron chi connectivity index (χ4n) is 2.72. The molecule has 0 heterocycles. The summed E-state index contributed by atoms with van der Waals surface area (Å²) in [6.45, 7) is 0.109. The molecule has 2 atom stereocenters. The molecule has 1 aliphatic rings. The first kappa shape index (κ1) is 14.7. The van der Waals surface area contributed by atoms with Gasteiger partial charge in [0.15, 0.2) is 0 Å². The van der Waals surface area contributed by atoms with Gasteiger partial charge in [-0.25, -0.2) is 4.39 Å². The third-order valence-electron chi connectivity index (χ3n) is 4.05. The van der Waals surface area contributed by atoms with Crippen LogP contribution in [0.3, 0.4) is 0 Å². The van der Waals surface area contributed by atoms with Crippen molar-refractivity contribution in [3.8, 4) is 0 Å². The van der Waals surface area contributed by atoms with Crippen LogP contribution in [0.2, 0.25) is 0 Å². The molecular formula is C18H18FNO2. The van der Waals surface area contributed by atoms with E-state index in [4.69, 9.17) is 5.11 Å². The zero-order chi connectivity index (χ0) is 15.5. The molecule has 1 fully saturated rings. The average Bonchev–Trinajstić information content (AvgIpc) is 3.30. The molecule has 0 aromatic heterocycles. The minimum Gasteiger partial charge on any atom is -0.396 e. The minimum absolute atomic E-state index is 0.0186. The molecule has 0 radical (unpaired) electrons. The van der Waals surface area contributed by atoms with E-state index in [0.717, 1.165) is 11.3 Å². The largest absolute Gasteiger partial charge is 0.396 e. The van der Waals surface area contributed by atoms with Gasteiger partial charge in [0.25, 0.3) is 0 Å². The highest BCUT2D eigenvalue weighted by Crippen LogP contribution is 2.48. The highest BCUT2D eigenvalue weighted by Gasteiger charge is 2.45. The highest BCUT2D eigenvalue weighted by molar-refractivity contribution is 5.95. The van der Waals surface area contributed by atoms with Gasteiger partial charge in [-0.3, -0.25) is 4.79 Å². The number of rotatable bonds is 5. The van der Waals surface area contributed by atoms with Crippen molar-refractivity contribution in [2.24, 2.45) is 5.92 Å². The number of benzene rings is 2. The van der Waals surface area contributed by atoms with Crippen LogP contribution in [0.1, 0.15) is 23.5 Å². The maximum Gasteiger partial charge on any atom is 0.228 e. The van der Waals surface area contributed by atoms with Crippen molar-refractivity contribution in [1.29, 1.82) is 0 Å². The fourth-order valence-corrected chi connectivity index (χ4v) is 2.72. The fraction of sp³-hybridized carbons (Fsp3) is 0.278. The molecule has 2 N–H and O–H groups in total. The van der Waals surface area contributed by atoms with Gasteiger partial charge in [0.2, 0.25) is 5.91 Å². The van der Waals surface area contributed by atoms with E-state index in [1.54, 1.807) is 18.2 Å². The van der Waals surface area contributed by atoms with Crippen molar-refractivity contribution in [1.82, 2.24) is 0 Å². The van der Waals surface area contributed by atoms with Gasteiger partial charge in [-0.2, -0.15) is 0 Å². The van der Waals surface area contributed by atoms with E-state index in [0.29, 0.717) is 18.4 Å². The molecule has 4 heteroatoms. The third kappa shape index (κ3) is 3.17. The predicted molar refractivity (Wildman–Crippen MR) is 83.1 cm³/mol. The Bertz CT molecular complexity index is 669. The van der Waals surface area contributed by atoms with Crippen molar-refractivity contribution in [3.05, 3.63) is 65.5 Å². The summed E-state index contributed by atoms with van der Waals surface area (Å²) in [7, 11) is 0. The van der Waals surface area contributed by atoms with Crippen molar-refractivity contribution >= 4 is 11.6 Å². The van der Waals surface area contributed by atoms with E-state index >= 15 is 0 Å². The Kier molecular flexibility index (Phi) is 4.20. The summed E-state index contributed by atoms with van der Waals surface area (Å²) in [6.07, 6.45) is 1.29. The number of anilines is 1. The van der Waals surface area contributed by atoms with Crippen LogP contribution in [0.4, 0.5) is 10.1 Å².